The maximum atomic E-state index is 11.7. The lowest BCUT2D eigenvalue weighted by Crippen LogP contribution is -2.44. The third kappa shape index (κ3) is 2.64. The van der Waals surface area contributed by atoms with Crippen LogP contribution in [0, 0.1) is 11.3 Å². The number of hydrogen-bond acceptors (Lipinski definition) is 4. The van der Waals surface area contributed by atoms with Crippen molar-refractivity contribution >= 4 is 17.5 Å². The van der Waals surface area contributed by atoms with E-state index in [0.29, 0.717) is 0 Å². The molecule has 0 saturated heterocycles. The highest BCUT2D eigenvalue weighted by atomic mass is 16.5. The van der Waals surface area contributed by atoms with Crippen molar-refractivity contribution in [3.05, 3.63) is 0 Å². The van der Waals surface area contributed by atoms with Crippen LogP contribution in [0.1, 0.15) is 34.6 Å². The molecule has 0 amide bonds. The molecule has 0 heterocycles. The zero-order valence-corrected chi connectivity index (χ0v) is 9.92. The van der Waals surface area contributed by atoms with Crippen LogP contribution < -0.4 is 0 Å². The van der Waals surface area contributed by atoms with E-state index in [1.54, 1.807) is 13.8 Å². The van der Waals surface area contributed by atoms with Crippen molar-refractivity contribution in [2.24, 2.45) is 11.3 Å². The molecule has 0 N–H and O–H groups in total. The van der Waals surface area contributed by atoms with Gasteiger partial charge in [0.25, 0.3) is 0 Å². The predicted molar refractivity (Wildman–Crippen MR) is 55.3 cm³/mol. The smallest absolute Gasteiger partial charge is 0.320 e. The Kier molecular flexibility index (Phi) is 4.65. The standard InChI is InChI=1S/C11H18O4/c1-6-15-10(14)11(5,9(4)13)7(2)8(3)12/h7H,6H2,1-5H3/t7-,11+/m1/s1. The molecule has 2 atom stereocenters. The number of esters is 1. The molecular weight excluding hydrogens is 196 g/mol. The van der Waals surface area contributed by atoms with Crippen LogP contribution in [-0.4, -0.2) is 24.1 Å². The molecule has 0 spiro atoms. The highest BCUT2D eigenvalue weighted by Gasteiger charge is 2.46. The van der Waals surface area contributed by atoms with E-state index < -0.39 is 17.3 Å². The van der Waals surface area contributed by atoms with Crippen LogP contribution in [0.3, 0.4) is 0 Å². The maximum absolute atomic E-state index is 11.7. The summed E-state index contributed by atoms with van der Waals surface area (Å²) < 4.78 is 4.83. The second-order valence-electron chi connectivity index (χ2n) is 3.81. The number of carbonyl (C=O) groups excluding carboxylic acids is 3. The van der Waals surface area contributed by atoms with Gasteiger partial charge in [-0.05, 0) is 27.7 Å². The first kappa shape index (κ1) is 13.8. The molecule has 0 aliphatic heterocycles. The first-order valence-electron chi connectivity index (χ1n) is 4.97. The number of rotatable bonds is 5. The van der Waals surface area contributed by atoms with Gasteiger partial charge in [0.1, 0.15) is 17.0 Å². The molecule has 0 unspecified atom stereocenters. The lowest BCUT2D eigenvalue weighted by Gasteiger charge is -2.28. The Hall–Kier alpha value is -1.19. The molecule has 15 heavy (non-hydrogen) atoms. The topological polar surface area (TPSA) is 60.4 Å². The van der Waals surface area contributed by atoms with Gasteiger partial charge in [0.15, 0.2) is 0 Å². The normalized spacial score (nSPS) is 16.3. The van der Waals surface area contributed by atoms with Gasteiger partial charge in [0.05, 0.1) is 6.61 Å². The summed E-state index contributed by atoms with van der Waals surface area (Å²) in [5.41, 5.74) is -1.36. The van der Waals surface area contributed by atoms with Crippen LogP contribution in [0.25, 0.3) is 0 Å². The summed E-state index contributed by atoms with van der Waals surface area (Å²) in [4.78, 5) is 34.4. The second-order valence-corrected chi connectivity index (χ2v) is 3.81. The van der Waals surface area contributed by atoms with Gasteiger partial charge in [-0.25, -0.2) is 0 Å². The molecule has 0 aromatic carbocycles. The number of ketones is 2. The van der Waals surface area contributed by atoms with Gasteiger partial charge in [-0.3, -0.25) is 14.4 Å². The van der Waals surface area contributed by atoms with Gasteiger partial charge >= 0.3 is 5.97 Å². The van der Waals surface area contributed by atoms with Gasteiger partial charge in [-0.2, -0.15) is 0 Å². The van der Waals surface area contributed by atoms with Crippen LogP contribution in [0.2, 0.25) is 0 Å². The lowest BCUT2D eigenvalue weighted by atomic mass is 9.73. The largest absolute Gasteiger partial charge is 0.465 e. The molecule has 0 radical (unpaired) electrons. The van der Waals surface area contributed by atoms with E-state index in [2.05, 4.69) is 0 Å². The van der Waals surface area contributed by atoms with E-state index in [4.69, 9.17) is 4.74 Å². The van der Waals surface area contributed by atoms with Gasteiger partial charge < -0.3 is 4.74 Å². The summed E-state index contributed by atoms with van der Waals surface area (Å²) in [6, 6.07) is 0. The minimum Gasteiger partial charge on any atom is -0.465 e. The number of hydrogen-bond donors (Lipinski definition) is 0. The number of ether oxygens (including phenoxy) is 1. The molecule has 0 saturated carbocycles. The fraction of sp³-hybridized carbons (Fsp3) is 0.727. The molecular formula is C11H18O4. The Morgan fingerprint density at radius 2 is 1.73 bits per heavy atom. The molecule has 0 fully saturated rings. The van der Waals surface area contributed by atoms with Crippen molar-refractivity contribution in [2.45, 2.75) is 34.6 Å². The van der Waals surface area contributed by atoms with E-state index in [-0.39, 0.29) is 18.2 Å². The predicted octanol–water partition coefficient (Wildman–Crippen LogP) is 1.37. The Morgan fingerprint density at radius 1 is 1.27 bits per heavy atom. The van der Waals surface area contributed by atoms with Crippen molar-refractivity contribution in [3.63, 3.8) is 0 Å². The molecule has 0 aliphatic carbocycles. The van der Waals surface area contributed by atoms with E-state index in [1.165, 1.54) is 20.8 Å². The monoisotopic (exact) mass is 214 g/mol. The quantitative estimate of drug-likeness (QED) is 0.512. The molecule has 0 aliphatic rings. The zero-order chi connectivity index (χ0) is 12.2. The van der Waals surface area contributed by atoms with Crippen molar-refractivity contribution in [1.29, 1.82) is 0 Å². The van der Waals surface area contributed by atoms with Gasteiger partial charge in [-0.15, -0.1) is 0 Å². The second kappa shape index (κ2) is 5.05. The van der Waals surface area contributed by atoms with E-state index in [0.717, 1.165) is 0 Å². The average molecular weight is 214 g/mol. The molecule has 0 rings (SSSR count). The number of carbonyl (C=O) groups is 3. The van der Waals surface area contributed by atoms with E-state index >= 15 is 0 Å². The fourth-order valence-electron chi connectivity index (χ4n) is 1.31. The lowest BCUT2D eigenvalue weighted by molar-refractivity contribution is -0.164. The Bertz CT molecular complexity index is 282. The van der Waals surface area contributed by atoms with Crippen LogP contribution in [-0.2, 0) is 19.1 Å². The minimum atomic E-state index is -1.36. The first-order valence-corrected chi connectivity index (χ1v) is 4.97. The minimum absolute atomic E-state index is 0.194. The third-order valence-corrected chi connectivity index (χ3v) is 2.91. The van der Waals surface area contributed by atoms with Gasteiger partial charge in [-0.1, -0.05) is 6.92 Å². The fourth-order valence-corrected chi connectivity index (χ4v) is 1.31. The molecule has 0 aromatic heterocycles. The van der Waals surface area contributed by atoms with Gasteiger partial charge in [0.2, 0.25) is 0 Å². The van der Waals surface area contributed by atoms with Crippen LogP contribution in [0.5, 0.6) is 0 Å². The van der Waals surface area contributed by atoms with Crippen molar-refractivity contribution < 1.29 is 19.1 Å². The van der Waals surface area contributed by atoms with Crippen molar-refractivity contribution in [1.82, 2.24) is 0 Å². The Balaban J connectivity index is 5.15. The summed E-state index contributed by atoms with van der Waals surface area (Å²) in [6.45, 7) is 7.56. The Labute approximate surface area is 90.0 Å². The molecule has 0 bridgehead atoms. The molecule has 86 valence electrons. The Morgan fingerprint density at radius 3 is 2.00 bits per heavy atom. The summed E-state index contributed by atoms with van der Waals surface area (Å²) in [7, 11) is 0. The highest BCUT2D eigenvalue weighted by Crippen LogP contribution is 2.30. The zero-order valence-electron chi connectivity index (χ0n) is 9.92. The van der Waals surface area contributed by atoms with Crippen molar-refractivity contribution in [2.75, 3.05) is 6.61 Å². The van der Waals surface area contributed by atoms with Crippen molar-refractivity contribution in [3.8, 4) is 0 Å². The highest BCUT2D eigenvalue weighted by molar-refractivity contribution is 6.06. The summed E-state index contributed by atoms with van der Waals surface area (Å²) in [5.74, 6) is -1.82. The first-order chi connectivity index (χ1) is 6.78. The SMILES string of the molecule is CCOC(=O)[C@](C)(C(C)=O)[C@H](C)C(C)=O. The maximum Gasteiger partial charge on any atom is 0.320 e. The molecule has 4 nitrogen and oxygen atoms in total. The molecule has 4 heteroatoms. The van der Waals surface area contributed by atoms with Gasteiger partial charge in [0, 0.05) is 5.92 Å². The number of Topliss-reactive ketones (excluding diaryl/α,β-unsaturated/α-hetero) is 2. The molecule has 0 aromatic rings. The van der Waals surface area contributed by atoms with Crippen LogP contribution >= 0.6 is 0 Å². The summed E-state index contributed by atoms with van der Waals surface area (Å²) in [6.07, 6.45) is 0. The van der Waals surface area contributed by atoms with Crippen LogP contribution in [0.15, 0.2) is 0 Å². The van der Waals surface area contributed by atoms with E-state index in [9.17, 15) is 14.4 Å². The van der Waals surface area contributed by atoms with E-state index in [1.807, 2.05) is 0 Å². The van der Waals surface area contributed by atoms with Crippen LogP contribution in [0.4, 0.5) is 0 Å². The average Bonchev–Trinajstić information content (AvgIpc) is 2.15. The summed E-state index contributed by atoms with van der Waals surface area (Å²) >= 11 is 0. The summed E-state index contributed by atoms with van der Waals surface area (Å²) in [5, 5.41) is 0. The third-order valence-electron chi connectivity index (χ3n) is 2.91.